The van der Waals surface area contributed by atoms with Crippen LogP contribution < -0.4 is 10.5 Å². The topological polar surface area (TPSA) is 35.2 Å². The summed E-state index contributed by atoms with van der Waals surface area (Å²) in [6.07, 6.45) is 2.18. The van der Waals surface area contributed by atoms with Gasteiger partial charge in [-0.1, -0.05) is 36.4 Å². The fourth-order valence-electron chi connectivity index (χ4n) is 2.74. The largest absolute Gasteiger partial charge is 0.493 e. The minimum Gasteiger partial charge on any atom is -0.493 e. The Kier molecular flexibility index (Phi) is 3.98. The minimum absolute atomic E-state index is 0.130. The van der Waals surface area contributed by atoms with E-state index in [0.29, 0.717) is 0 Å². The zero-order chi connectivity index (χ0) is 14.1. The molecule has 2 N–H and O–H groups in total. The van der Waals surface area contributed by atoms with Gasteiger partial charge < -0.3 is 10.5 Å². The van der Waals surface area contributed by atoms with Crippen molar-refractivity contribution in [1.29, 1.82) is 0 Å². The molecule has 104 valence electrons. The van der Waals surface area contributed by atoms with Crippen LogP contribution >= 0.6 is 22.6 Å². The lowest BCUT2D eigenvalue weighted by Crippen LogP contribution is -2.18. The first-order valence-corrected chi connectivity index (χ1v) is 8.01. The Balaban J connectivity index is 2.07. The van der Waals surface area contributed by atoms with E-state index in [4.69, 9.17) is 10.5 Å². The first kappa shape index (κ1) is 13.9. The molecule has 3 heteroatoms. The zero-order valence-electron chi connectivity index (χ0n) is 11.5. The van der Waals surface area contributed by atoms with Crippen LogP contribution in [0.1, 0.15) is 34.7 Å². The SMILES string of the molecule is Cc1cccc(C(N)c2cccc3c2OCCC3)c1I. The molecule has 1 heterocycles. The van der Waals surface area contributed by atoms with Gasteiger partial charge in [0.05, 0.1) is 12.6 Å². The molecule has 1 atom stereocenters. The van der Waals surface area contributed by atoms with Crippen LogP contribution in [0.25, 0.3) is 0 Å². The molecule has 2 aromatic rings. The van der Waals surface area contributed by atoms with Gasteiger partial charge in [0.2, 0.25) is 0 Å². The summed E-state index contributed by atoms with van der Waals surface area (Å²) < 4.78 is 7.13. The summed E-state index contributed by atoms with van der Waals surface area (Å²) in [5.41, 5.74) is 11.4. The summed E-state index contributed by atoms with van der Waals surface area (Å²) in [4.78, 5) is 0. The third-order valence-corrected chi connectivity index (χ3v) is 5.33. The Bertz CT molecular complexity index is 639. The molecule has 0 fully saturated rings. The molecule has 0 radical (unpaired) electrons. The van der Waals surface area contributed by atoms with Crippen LogP contribution in [0.15, 0.2) is 36.4 Å². The molecular formula is C17H18INO. The molecule has 2 aromatic carbocycles. The molecule has 0 bridgehead atoms. The summed E-state index contributed by atoms with van der Waals surface area (Å²) in [6, 6.07) is 12.5. The van der Waals surface area contributed by atoms with E-state index in [9.17, 15) is 0 Å². The zero-order valence-corrected chi connectivity index (χ0v) is 13.7. The fourth-order valence-corrected chi connectivity index (χ4v) is 3.43. The molecule has 3 rings (SSSR count). The molecular weight excluding hydrogens is 361 g/mol. The smallest absolute Gasteiger partial charge is 0.127 e. The Labute approximate surface area is 133 Å². The molecule has 1 aliphatic heterocycles. The van der Waals surface area contributed by atoms with Crippen LogP contribution in [0.4, 0.5) is 0 Å². The Hall–Kier alpha value is -1.07. The second-order valence-electron chi connectivity index (χ2n) is 5.24. The molecule has 0 saturated carbocycles. The fraction of sp³-hybridized carbons (Fsp3) is 0.294. The number of ether oxygens (including phenoxy) is 1. The van der Waals surface area contributed by atoms with Gasteiger partial charge in [0.15, 0.2) is 0 Å². The van der Waals surface area contributed by atoms with E-state index in [1.165, 1.54) is 20.3 Å². The second-order valence-corrected chi connectivity index (χ2v) is 6.32. The van der Waals surface area contributed by atoms with Gasteiger partial charge in [-0.15, -0.1) is 0 Å². The van der Waals surface area contributed by atoms with Crippen molar-refractivity contribution in [3.63, 3.8) is 0 Å². The maximum Gasteiger partial charge on any atom is 0.127 e. The third kappa shape index (κ3) is 2.44. The lowest BCUT2D eigenvalue weighted by atomic mass is 9.93. The van der Waals surface area contributed by atoms with Gasteiger partial charge in [-0.2, -0.15) is 0 Å². The predicted molar refractivity (Wildman–Crippen MR) is 90.2 cm³/mol. The summed E-state index contributed by atoms with van der Waals surface area (Å²) in [6.45, 7) is 2.91. The van der Waals surface area contributed by atoms with Crippen molar-refractivity contribution in [1.82, 2.24) is 0 Å². The lowest BCUT2D eigenvalue weighted by Gasteiger charge is -2.24. The van der Waals surface area contributed by atoms with Crippen LogP contribution in [0.3, 0.4) is 0 Å². The van der Waals surface area contributed by atoms with Crippen molar-refractivity contribution in [3.8, 4) is 5.75 Å². The molecule has 2 nitrogen and oxygen atoms in total. The number of aryl methyl sites for hydroxylation is 2. The van der Waals surface area contributed by atoms with Gasteiger partial charge in [-0.05, 0) is 59.0 Å². The van der Waals surface area contributed by atoms with Crippen LogP contribution in [0.5, 0.6) is 5.75 Å². The molecule has 1 unspecified atom stereocenters. The molecule has 0 aliphatic carbocycles. The number of benzene rings is 2. The van der Waals surface area contributed by atoms with Crippen molar-refractivity contribution in [2.75, 3.05) is 6.61 Å². The van der Waals surface area contributed by atoms with Gasteiger partial charge in [0.1, 0.15) is 5.75 Å². The van der Waals surface area contributed by atoms with Gasteiger partial charge in [-0.3, -0.25) is 0 Å². The quantitative estimate of drug-likeness (QED) is 0.802. The number of fused-ring (bicyclic) bond motifs is 1. The molecule has 1 aliphatic rings. The van der Waals surface area contributed by atoms with Crippen molar-refractivity contribution in [2.45, 2.75) is 25.8 Å². The Morgan fingerprint density at radius 1 is 1.15 bits per heavy atom. The van der Waals surface area contributed by atoms with E-state index in [-0.39, 0.29) is 6.04 Å². The van der Waals surface area contributed by atoms with Gasteiger partial charge in [-0.25, -0.2) is 0 Å². The second kappa shape index (κ2) is 5.74. The van der Waals surface area contributed by atoms with Crippen LogP contribution in [-0.4, -0.2) is 6.61 Å². The molecule has 0 saturated heterocycles. The van der Waals surface area contributed by atoms with E-state index >= 15 is 0 Å². The molecule has 0 spiro atoms. The van der Waals surface area contributed by atoms with Gasteiger partial charge >= 0.3 is 0 Å². The summed E-state index contributed by atoms with van der Waals surface area (Å²) in [7, 11) is 0. The van der Waals surface area contributed by atoms with Crippen molar-refractivity contribution >= 4 is 22.6 Å². The standard InChI is InChI=1S/C17H18INO/c1-11-5-2-8-13(15(11)18)16(19)14-9-3-6-12-7-4-10-20-17(12)14/h2-3,5-6,8-9,16H,4,7,10,19H2,1H3. The highest BCUT2D eigenvalue weighted by molar-refractivity contribution is 14.1. The maximum atomic E-state index is 6.53. The lowest BCUT2D eigenvalue weighted by molar-refractivity contribution is 0.284. The van der Waals surface area contributed by atoms with Crippen LogP contribution in [0.2, 0.25) is 0 Å². The summed E-state index contributed by atoms with van der Waals surface area (Å²) >= 11 is 2.38. The highest BCUT2D eigenvalue weighted by Gasteiger charge is 2.21. The molecule has 20 heavy (non-hydrogen) atoms. The maximum absolute atomic E-state index is 6.53. The summed E-state index contributed by atoms with van der Waals surface area (Å²) in [5.74, 6) is 1.00. The average Bonchev–Trinajstić information content (AvgIpc) is 2.49. The number of para-hydroxylation sites is 1. The van der Waals surface area contributed by atoms with Crippen molar-refractivity contribution in [2.24, 2.45) is 5.73 Å². The van der Waals surface area contributed by atoms with Crippen molar-refractivity contribution in [3.05, 3.63) is 62.2 Å². The normalized spacial score (nSPS) is 15.3. The predicted octanol–water partition coefficient (Wildman–Crippen LogP) is 3.97. The number of halogens is 1. The van der Waals surface area contributed by atoms with E-state index in [1.807, 2.05) is 0 Å². The molecule has 0 aromatic heterocycles. The minimum atomic E-state index is -0.130. The molecule has 0 amide bonds. The average molecular weight is 379 g/mol. The summed E-state index contributed by atoms with van der Waals surface area (Å²) in [5, 5.41) is 0. The number of rotatable bonds is 2. The van der Waals surface area contributed by atoms with Crippen LogP contribution in [-0.2, 0) is 6.42 Å². The highest BCUT2D eigenvalue weighted by atomic mass is 127. The number of hydrogen-bond donors (Lipinski definition) is 1. The highest BCUT2D eigenvalue weighted by Crippen LogP contribution is 2.36. The number of nitrogens with two attached hydrogens (primary N) is 1. The first-order valence-electron chi connectivity index (χ1n) is 6.93. The Morgan fingerprint density at radius 3 is 2.75 bits per heavy atom. The van der Waals surface area contributed by atoms with Crippen molar-refractivity contribution < 1.29 is 4.74 Å². The van der Waals surface area contributed by atoms with Crippen LogP contribution in [0, 0.1) is 10.5 Å². The van der Waals surface area contributed by atoms with E-state index in [1.54, 1.807) is 0 Å². The van der Waals surface area contributed by atoms with Gasteiger partial charge in [0.25, 0.3) is 0 Å². The monoisotopic (exact) mass is 379 g/mol. The number of hydrogen-bond acceptors (Lipinski definition) is 2. The Morgan fingerprint density at radius 2 is 1.90 bits per heavy atom. The van der Waals surface area contributed by atoms with Gasteiger partial charge in [0, 0.05) is 9.13 Å². The van der Waals surface area contributed by atoms with E-state index in [0.717, 1.165) is 30.8 Å². The third-order valence-electron chi connectivity index (χ3n) is 3.86. The van der Waals surface area contributed by atoms with E-state index < -0.39 is 0 Å². The first-order chi connectivity index (χ1) is 9.68. The van der Waals surface area contributed by atoms with E-state index in [2.05, 4.69) is 65.9 Å².